The molecule has 1 fully saturated rings. The Morgan fingerprint density at radius 3 is 2.19 bits per heavy atom. The fraction of sp³-hybridized carbons (Fsp3) is 0.667. The second-order valence-corrected chi connectivity index (χ2v) is 2.90. The van der Waals surface area contributed by atoms with Gasteiger partial charge in [-0.25, -0.2) is 12.2 Å². The Morgan fingerprint density at radius 1 is 1.12 bits per heavy atom. The maximum absolute atomic E-state index is 8.25. The number of fused-ring (bicyclic) bond motifs is 1. The SMILES string of the molecule is C[O-].C[O-].C[O-].[C-]1=C2CCCC2CC=C1.[Ti+4]. The maximum atomic E-state index is 8.25. The van der Waals surface area contributed by atoms with Gasteiger partial charge < -0.3 is 15.3 Å². The predicted molar refractivity (Wildman–Crippen MR) is 55.6 cm³/mol. The van der Waals surface area contributed by atoms with Crippen LogP contribution in [0.15, 0.2) is 17.7 Å². The molecule has 0 aromatic heterocycles. The standard InChI is InChI=1S/C9H11.3CH3O.Ti/c1-2-5-9-7-3-6-8(9)4-1;3*1-2;/h1-2,8H,3-4,6-7H2;3*1H3;/q4*-1;+4. The minimum Gasteiger partial charge on any atom is -0.857 e. The largest absolute Gasteiger partial charge is 4.00 e. The maximum Gasteiger partial charge on any atom is 4.00 e. The summed E-state index contributed by atoms with van der Waals surface area (Å²) in [5, 5.41) is 24.8. The molecule has 1 atom stereocenters. The van der Waals surface area contributed by atoms with E-state index in [1.54, 1.807) is 5.57 Å². The summed E-state index contributed by atoms with van der Waals surface area (Å²) in [6.07, 6.45) is 13.0. The molecule has 0 radical (unpaired) electrons. The van der Waals surface area contributed by atoms with Crippen LogP contribution in [0.4, 0.5) is 0 Å². The molecule has 0 saturated heterocycles. The molecular formula is C12H20O3Ti. The van der Waals surface area contributed by atoms with E-state index in [1.165, 1.54) is 25.7 Å². The van der Waals surface area contributed by atoms with E-state index in [4.69, 9.17) is 15.3 Å². The van der Waals surface area contributed by atoms with Crippen molar-refractivity contribution in [3.8, 4) is 0 Å². The molecule has 2 aliphatic rings. The van der Waals surface area contributed by atoms with Crippen molar-refractivity contribution >= 4 is 0 Å². The molecule has 0 amide bonds. The van der Waals surface area contributed by atoms with Crippen molar-refractivity contribution in [1.29, 1.82) is 0 Å². The van der Waals surface area contributed by atoms with E-state index in [2.05, 4.69) is 18.2 Å². The molecule has 0 N–H and O–H groups in total. The number of rotatable bonds is 0. The van der Waals surface area contributed by atoms with E-state index in [9.17, 15) is 0 Å². The summed E-state index contributed by atoms with van der Waals surface area (Å²) >= 11 is 0. The topological polar surface area (TPSA) is 69.2 Å². The molecule has 1 saturated carbocycles. The average Bonchev–Trinajstić information content (AvgIpc) is 2.85. The molecule has 2 rings (SSSR count). The number of hydrogen-bond acceptors (Lipinski definition) is 3. The van der Waals surface area contributed by atoms with Crippen molar-refractivity contribution in [2.45, 2.75) is 25.7 Å². The Morgan fingerprint density at radius 2 is 1.69 bits per heavy atom. The number of hydrogen-bond donors (Lipinski definition) is 0. The Hall–Kier alpha value is 0.0743. The van der Waals surface area contributed by atoms with Gasteiger partial charge in [0, 0.05) is 0 Å². The van der Waals surface area contributed by atoms with Crippen molar-refractivity contribution in [2.75, 3.05) is 21.3 Å². The van der Waals surface area contributed by atoms with Gasteiger partial charge in [-0.05, 0) is 18.8 Å². The molecule has 0 aromatic rings. The van der Waals surface area contributed by atoms with Gasteiger partial charge in [0.05, 0.1) is 0 Å². The Bertz CT molecular complexity index is 179. The molecule has 90 valence electrons. The van der Waals surface area contributed by atoms with Crippen molar-refractivity contribution in [2.24, 2.45) is 5.92 Å². The van der Waals surface area contributed by atoms with Gasteiger partial charge in [0.15, 0.2) is 0 Å². The third kappa shape index (κ3) is 8.25. The van der Waals surface area contributed by atoms with E-state index in [1.807, 2.05) is 0 Å². The zero-order valence-electron chi connectivity index (χ0n) is 10.3. The van der Waals surface area contributed by atoms with E-state index in [0.29, 0.717) is 0 Å². The molecule has 1 unspecified atom stereocenters. The van der Waals surface area contributed by atoms with E-state index < -0.39 is 0 Å². The van der Waals surface area contributed by atoms with Gasteiger partial charge in [0.1, 0.15) is 0 Å². The second kappa shape index (κ2) is 17.5. The summed E-state index contributed by atoms with van der Waals surface area (Å²) in [7, 11) is 2.25. The smallest absolute Gasteiger partial charge is 0.857 e. The fourth-order valence-electron chi connectivity index (χ4n) is 1.77. The first-order chi connectivity index (χ1) is 7.47. The molecule has 0 spiro atoms. The van der Waals surface area contributed by atoms with Crippen LogP contribution >= 0.6 is 0 Å². The van der Waals surface area contributed by atoms with Crippen LogP contribution in [-0.2, 0) is 21.7 Å². The molecule has 16 heavy (non-hydrogen) atoms. The second-order valence-electron chi connectivity index (χ2n) is 2.90. The fourth-order valence-corrected chi connectivity index (χ4v) is 1.77. The van der Waals surface area contributed by atoms with Gasteiger partial charge in [0.2, 0.25) is 0 Å². The van der Waals surface area contributed by atoms with Crippen LogP contribution < -0.4 is 15.3 Å². The first-order valence-corrected chi connectivity index (χ1v) is 4.96. The zero-order valence-corrected chi connectivity index (χ0v) is 11.8. The van der Waals surface area contributed by atoms with Crippen LogP contribution in [0.3, 0.4) is 0 Å². The summed E-state index contributed by atoms with van der Waals surface area (Å²) in [4.78, 5) is 0. The molecule has 2 aliphatic carbocycles. The molecule has 0 bridgehead atoms. The van der Waals surface area contributed by atoms with Gasteiger partial charge in [-0.2, -0.15) is 26.9 Å². The van der Waals surface area contributed by atoms with Gasteiger partial charge >= 0.3 is 21.7 Å². The molecule has 4 heteroatoms. The molecule has 0 aromatic carbocycles. The van der Waals surface area contributed by atoms with Gasteiger partial charge in [-0.1, -0.05) is 12.8 Å². The van der Waals surface area contributed by atoms with Gasteiger partial charge in [0.25, 0.3) is 0 Å². The van der Waals surface area contributed by atoms with Crippen LogP contribution in [0.2, 0.25) is 0 Å². The predicted octanol–water partition coefficient (Wildman–Crippen LogP) is -0.597. The summed E-state index contributed by atoms with van der Waals surface area (Å²) in [6.45, 7) is 0. The van der Waals surface area contributed by atoms with Crippen LogP contribution in [0.25, 0.3) is 0 Å². The summed E-state index contributed by atoms with van der Waals surface area (Å²) in [5.74, 6) is 0.884. The quantitative estimate of drug-likeness (QED) is 0.431. The van der Waals surface area contributed by atoms with E-state index in [0.717, 1.165) is 27.2 Å². The van der Waals surface area contributed by atoms with Crippen LogP contribution in [0, 0.1) is 12.0 Å². The Labute approximate surface area is 114 Å². The molecule has 0 aliphatic heterocycles. The molecule has 0 heterocycles. The summed E-state index contributed by atoms with van der Waals surface area (Å²) in [6, 6.07) is 0. The van der Waals surface area contributed by atoms with E-state index in [-0.39, 0.29) is 21.7 Å². The summed E-state index contributed by atoms with van der Waals surface area (Å²) in [5.41, 5.74) is 1.58. The van der Waals surface area contributed by atoms with Crippen LogP contribution in [0.1, 0.15) is 25.7 Å². The Balaban J connectivity index is -0.000000214. The van der Waals surface area contributed by atoms with Gasteiger partial charge in [-0.15, -0.1) is 0 Å². The number of allylic oxidation sites excluding steroid dienone is 4. The summed E-state index contributed by atoms with van der Waals surface area (Å²) < 4.78 is 0. The molecule has 3 nitrogen and oxygen atoms in total. The van der Waals surface area contributed by atoms with E-state index >= 15 is 0 Å². The minimum atomic E-state index is 0. The average molecular weight is 260 g/mol. The third-order valence-corrected chi connectivity index (χ3v) is 2.30. The Kier molecular flexibility index (Phi) is 23.3. The third-order valence-electron chi connectivity index (χ3n) is 2.30. The molecular weight excluding hydrogens is 240 g/mol. The van der Waals surface area contributed by atoms with Crippen molar-refractivity contribution < 1.29 is 37.0 Å². The van der Waals surface area contributed by atoms with Crippen LogP contribution in [-0.4, -0.2) is 21.3 Å². The van der Waals surface area contributed by atoms with Crippen molar-refractivity contribution in [3.05, 3.63) is 23.8 Å². The van der Waals surface area contributed by atoms with Gasteiger partial charge in [-0.3, -0.25) is 6.08 Å². The van der Waals surface area contributed by atoms with Crippen molar-refractivity contribution in [1.82, 2.24) is 0 Å². The first-order valence-electron chi connectivity index (χ1n) is 4.96. The monoisotopic (exact) mass is 260 g/mol. The zero-order chi connectivity index (χ0) is 12.1. The van der Waals surface area contributed by atoms with Crippen molar-refractivity contribution in [3.63, 3.8) is 0 Å². The first kappa shape index (κ1) is 21.4. The normalized spacial score (nSPS) is 19.1. The minimum absolute atomic E-state index is 0. The van der Waals surface area contributed by atoms with Crippen LogP contribution in [0.5, 0.6) is 0 Å².